The van der Waals surface area contributed by atoms with Crippen LogP contribution in [0.4, 0.5) is 10.1 Å². The van der Waals surface area contributed by atoms with E-state index in [4.69, 9.17) is 9.47 Å². The van der Waals surface area contributed by atoms with Gasteiger partial charge in [0.05, 0.1) is 7.11 Å². The normalized spacial score (nSPS) is 14.2. The zero-order valence-corrected chi connectivity index (χ0v) is 20.1. The van der Waals surface area contributed by atoms with Crippen LogP contribution in [-0.2, 0) is 5.75 Å². The van der Waals surface area contributed by atoms with Gasteiger partial charge in [0.25, 0.3) is 0 Å². The molecule has 178 valence electrons. The maximum absolute atomic E-state index is 14.1. The molecule has 0 bridgehead atoms. The van der Waals surface area contributed by atoms with Crippen molar-refractivity contribution in [2.45, 2.75) is 17.1 Å². The Labute approximate surface area is 211 Å². The van der Waals surface area contributed by atoms with E-state index in [1.54, 1.807) is 19.2 Å². The average molecular weight is 497 g/mol. The van der Waals surface area contributed by atoms with Crippen LogP contribution >= 0.6 is 11.8 Å². The summed E-state index contributed by atoms with van der Waals surface area (Å²) in [5.74, 6) is 1.28. The van der Waals surface area contributed by atoms with Crippen molar-refractivity contribution in [2.75, 3.05) is 12.4 Å². The van der Waals surface area contributed by atoms with E-state index < -0.39 is 6.23 Å². The van der Waals surface area contributed by atoms with Gasteiger partial charge in [-0.25, -0.2) is 4.39 Å². The maximum atomic E-state index is 14.1. The molecule has 8 heteroatoms. The summed E-state index contributed by atoms with van der Waals surface area (Å²) in [6.45, 7) is 0. The molecule has 4 aromatic carbocycles. The van der Waals surface area contributed by atoms with Crippen LogP contribution in [0.2, 0.25) is 0 Å². The van der Waals surface area contributed by atoms with Gasteiger partial charge in [-0.05, 0) is 35.2 Å². The Hall–Kier alpha value is -4.17. The van der Waals surface area contributed by atoms with Crippen LogP contribution < -0.4 is 14.8 Å². The van der Waals surface area contributed by atoms with Gasteiger partial charge in [0, 0.05) is 28.0 Å². The molecule has 0 radical (unpaired) electrons. The Morgan fingerprint density at radius 1 is 0.917 bits per heavy atom. The number of benzene rings is 4. The van der Waals surface area contributed by atoms with Crippen molar-refractivity contribution in [1.82, 2.24) is 15.2 Å². The predicted molar refractivity (Wildman–Crippen MR) is 139 cm³/mol. The first-order valence-corrected chi connectivity index (χ1v) is 12.4. The third-order valence-corrected chi connectivity index (χ3v) is 6.95. The van der Waals surface area contributed by atoms with E-state index in [1.165, 1.54) is 17.8 Å². The molecule has 1 N–H and O–H groups in total. The summed E-state index contributed by atoms with van der Waals surface area (Å²) in [7, 11) is 1.66. The van der Waals surface area contributed by atoms with Crippen LogP contribution in [0.25, 0.3) is 22.0 Å². The van der Waals surface area contributed by atoms with Crippen molar-refractivity contribution >= 4 is 28.2 Å². The zero-order chi connectivity index (χ0) is 24.5. The second-order valence-corrected chi connectivity index (χ2v) is 9.16. The van der Waals surface area contributed by atoms with Crippen molar-refractivity contribution < 1.29 is 13.9 Å². The van der Waals surface area contributed by atoms with Gasteiger partial charge in [-0.15, -0.1) is 10.2 Å². The minimum atomic E-state index is -0.538. The fraction of sp³-hybridized carbons (Fsp3) is 0.107. The molecule has 5 aromatic rings. The number of aromatic nitrogens is 3. The molecule has 1 aromatic heterocycles. The van der Waals surface area contributed by atoms with Crippen molar-refractivity contribution in [1.29, 1.82) is 0 Å². The van der Waals surface area contributed by atoms with E-state index in [9.17, 15) is 4.39 Å². The predicted octanol–water partition coefficient (Wildman–Crippen LogP) is 6.63. The molecule has 0 fully saturated rings. The molecule has 2 heterocycles. The lowest BCUT2D eigenvalue weighted by Gasteiger charge is -2.21. The molecule has 0 saturated heterocycles. The molecule has 1 aliphatic heterocycles. The average Bonchev–Trinajstić information content (AvgIpc) is 3.08. The van der Waals surface area contributed by atoms with E-state index in [-0.39, 0.29) is 5.82 Å². The van der Waals surface area contributed by atoms with E-state index in [0.717, 1.165) is 33.3 Å². The number of hydrogen-bond donors (Lipinski definition) is 1. The van der Waals surface area contributed by atoms with Gasteiger partial charge >= 0.3 is 0 Å². The van der Waals surface area contributed by atoms with Gasteiger partial charge < -0.3 is 14.8 Å². The van der Waals surface area contributed by atoms with Gasteiger partial charge in [0.1, 0.15) is 11.6 Å². The summed E-state index contributed by atoms with van der Waals surface area (Å²) in [6, 6.07) is 26.5. The van der Waals surface area contributed by atoms with Crippen LogP contribution in [0.3, 0.4) is 0 Å². The molecule has 6 rings (SSSR count). The van der Waals surface area contributed by atoms with Gasteiger partial charge in [-0.2, -0.15) is 4.98 Å². The lowest BCUT2D eigenvalue weighted by Crippen LogP contribution is -2.17. The quantitative estimate of drug-likeness (QED) is 0.274. The van der Waals surface area contributed by atoms with Gasteiger partial charge in [0.15, 0.2) is 11.9 Å². The fourth-order valence-corrected chi connectivity index (χ4v) is 5.07. The topological polar surface area (TPSA) is 69.2 Å². The molecular weight excluding hydrogens is 475 g/mol. The Kier molecular flexibility index (Phi) is 5.87. The van der Waals surface area contributed by atoms with E-state index in [1.807, 2.05) is 66.7 Å². The summed E-state index contributed by atoms with van der Waals surface area (Å²) >= 11 is 1.31. The summed E-state index contributed by atoms with van der Waals surface area (Å²) in [5, 5.41) is 14.7. The van der Waals surface area contributed by atoms with Crippen molar-refractivity contribution in [3.8, 4) is 22.9 Å². The summed E-state index contributed by atoms with van der Waals surface area (Å²) in [5.41, 5.74) is 3.78. The van der Waals surface area contributed by atoms with Gasteiger partial charge in [-0.1, -0.05) is 72.4 Å². The molecule has 0 amide bonds. The zero-order valence-electron chi connectivity index (χ0n) is 19.3. The highest BCUT2D eigenvalue weighted by Gasteiger charge is 2.27. The molecule has 0 saturated carbocycles. The smallest absolute Gasteiger partial charge is 0.247 e. The highest BCUT2D eigenvalue weighted by Crippen LogP contribution is 2.41. The Morgan fingerprint density at radius 2 is 1.69 bits per heavy atom. The Bertz CT molecular complexity index is 1580. The van der Waals surface area contributed by atoms with Crippen molar-refractivity contribution in [3.05, 3.63) is 102 Å². The number of para-hydroxylation sites is 1. The van der Waals surface area contributed by atoms with E-state index in [0.29, 0.717) is 28.0 Å². The lowest BCUT2D eigenvalue weighted by molar-refractivity contribution is 0.226. The monoisotopic (exact) mass is 496 g/mol. The number of fused-ring (bicyclic) bond motifs is 4. The van der Waals surface area contributed by atoms with Crippen LogP contribution in [0, 0.1) is 5.82 Å². The molecule has 1 atom stereocenters. The van der Waals surface area contributed by atoms with Crippen molar-refractivity contribution in [2.24, 2.45) is 0 Å². The summed E-state index contributed by atoms with van der Waals surface area (Å²) < 4.78 is 26.1. The van der Waals surface area contributed by atoms with Gasteiger partial charge in [0.2, 0.25) is 11.0 Å². The van der Waals surface area contributed by atoms with Crippen LogP contribution in [0.5, 0.6) is 11.6 Å². The first-order chi connectivity index (χ1) is 17.7. The lowest BCUT2D eigenvalue weighted by atomic mass is 10.0. The second kappa shape index (κ2) is 9.47. The largest absolute Gasteiger partial charge is 0.496 e. The van der Waals surface area contributed by atoms with Gasteiger partial charge in [-0.3, -0.25) is 0 Å². The van der Waals surface area contributed by atoms with E-state index >= 15 is 0 Å². The summed E-state index contributed by atoms with van der Waals surface area (Å²) in [6.07, 6.45) is -0.538. The molecule has 0 spiro atoms. The first kappa shape index (κ1) is 22.3. The number of thioether (sulfide) groups is 1. The standard InChI is InChI=1S/C28H21FN4O2S/c1-34-24-15-14-20(18-9-3-4-10-19(18)24)26-30-23-13-7-5-11-21(23)25-27(35-26)31-28(33-32-25)36-16-17-8-2-6-12-22(17)29/h2-15,26,30H,16H2,1H3. The Morgan fingerprint density at radius 3 is 2.56 bits per heavy atom. The number of rotatable bonds is 5. The number of methoxy groups -OCH3 is 1. The van der Waals surface area contributed by atoms with E-state index in [2.05, 4.69) is 20.5 Å². The summed E-state index contributed by atoms with van der Waals surface area (Å²) in [4.78, 5) is 4.69. The molecule has 0 aliphatic carbocycles. The molecule has 6 nitrogen and oxygen atoms in total. The fourth-order valence-electron chi connectivity index (χ4n) is 4.31. The molecular formula is C28H21FN4O2S. The molecule has 1 unspecified atom stereocenters. The second-order valence-electron chi connectivity index (χ2n) is 8.22. The number of ether oxygens (including phenoxy) is 2. The highest BCUT2D eigenvalue weighted by molar-refractivity contribution is 7.98. The minimum absolute atomic E-state index is 0.256. The van der Waals surface area contributed by atoms with Crippen LogP contribution in [0.1, 0.15) is 17.4 Å². The number of hydrogen-bond acceptors (Lipinski definition) is 7. The first-order valence-electron chi connectivity index (χ1n) is 11.4. The third kappa shape index (κ3) is 4.09. The maximum Gasteiger partial charge on any atom is 0.247 e. The van der Waals surface area contributed by atoms with Crippen LogP contribution in [-0.4, -0.2) is 22.3 Å². The number of nitrogens with zero attached hydrogens (tertiary/aromatic N) is 3. The number of nitrogens with one attached hydrogen (secondary N) is 1. The SMILES string of the molecule is COc1ccc(C2Nc3ccccc3-c3nnc(SCc4ccccc4F)nc3O2)c2ccccc12. The Balaban J connectivity index is 1.41. The number of halogens is 1. The highest BCUT2D eigenvalue weighted by atomic mass is 32.2. The minimum Gasteiger partial charge on any atom is -0.496 e. The molecule has 36 heavy (non-hydrogen) atoms. The van der Waals surface area contributed by atoms with Crippen LogP contribution in [0.15, 0.2) is 90.1 Å². The van der Waals surface area contributed by atoms with Crippen molar-refractivity contribution in [3.63, 3.8) is 0 Å². The number of anilines is 1. The molecule has 1 aliphatic rings. The third-order valence-electron chi connectivity index (χ3n) is 6.07.